The first-order valence-electron chi connectivity index (χ1n) is 11.0. The minimum atomic E-state index is -0.586. The van der Waals surface area contributed by atoms with E-state index in [1.54, 1.807) is 13.0 Å². The van der Waals surface area contributed by atoms with Gasteiger partial charge in [0, 0.05) is 66.7 Å². The zero-order valence-corrected chi connectivity index (χ0v) is 21.7. The third kappa shape index (κ3) is 6.54. The molecular weight excluding hydrogens is 534 g/mol. The van der Waals surface area contributed by atoms with E-state index in [4.69, 9.17) is 9.47 Å². The van der Waals surface area contributed by atoms with Gasteiger partial charge in [-0.1, -0.05) is 0 Å². The quantitative estimate of drug-likeness (QED) is 0.277. The normalized spacial score (nSPS) is 14.0. The van der Waals surface area contributed by atoms with Crippen LogP contribution in [-0.4, -0.2) is 73.9 Å². The number of hydrogen-bond acceptors (Lipinski definition) is 10. The van der Waals surface area contributed by atoms with E-state index in [1.807, 2.05) is 13.1 Å². The van der Waals surface area contributed by atoms with Gasteiger partial charge in [-0.2, -0.15) is 10.4 Å². The second kappa shape index (κ2) is 12.4. The van der Waals surface area contributed by atoms with E-state index < -0.39 is 17.4 Å². The highest BCUT2D eigenvalue weighted by Crippen LogP contribution is 2.30. The average Bonchev–Trinajstić information content (AvgIpc) is 2.86. The van der Waals surface area contributed by atoms with Crippen molar-refractivity contribution in [2.75, 3.05) is 51.8 Å². The van der Waals surface area contributed by atoms with E-state index in [0.717, 1.165) is 31.9 Å². The van der Waals surface area contributed by atoms with Crippen LogP contribution in [0.4, 0.5) is 11.4 Å². The van der Waals surface area contributed by atoms with Crippen molar-refractivity contribution >= 4 is 39.4 Å². The van der Waals surface area contributed by atoms with Gasteiger partial charge in [0.25, 0.3) is 11.6 Å². The first kappa shape index (κ1) is 27.0. The molecule has 0 radical (unpaired) electrons. The highest BCUT2D eigenvalue weighted by Gasteiger charge is 2.20. The van der Waals surface area contributed by atoms with Crippen molar-refractivity contribution in [2.45, 2.75) is 13.5 Å². The number of rotatable bonds is 9. The Morgan fingerprint density at radius 3 is 2.75 bits per heavy atom. The number of aromatic nitrogens is 1. The van der Waals surface area contributed by atoms with Crippen LogP contribution in [0, 0.1) is 28.4 Å². The number of carbonyl (C=O) groups is 1. The van der Waals surface area contributed by atoms with Crippen LogP contribution in [0.5, 0.6) is 5.88 Å². The third-order valence-corrected chi connectivity index (χ3v) is 6.62. The minimum Gasteiger partial charge on any atom is -0.467 e. The van der Waals surface area contributed by atoms with Gasteiger partial charge in [-0.3, -0.25) is 14.9 Å². The molecular formula is C23H26BrN7O5. The number of halogens is 1. The summed E-state index contributed by atoms with van der Waals surface area (Å²) in [7, 11) is 3.54. The number of hydrogen-bond donors (Lipinski definition) is 1. The van der Waals surface area contributed by atoms with Crippen LogP contribution >= 0.6 is 15.9 Å². The lowest BCUT2D eigenvalue weighted by Gasteiger charge is -2.34. The molecule has 2 heterocycles. The van der Waals surface area contributed by atoms with Gasteiger partial charge in [-0.25, -0.2) is 10.4 Å². The number of likely N-dealkylation sites (N-methyl/N-ethyl adjacent to an activating group) is 1. The molecule has 1 saturated heterocycles. The van der Waals surface area contributed by atoms with Gasteiger partial charge in [-0.15, -0.1) is 0 Å². The summed E-state index contributed by atoms with van der Waals surface area (Å²) < 4.78 is 11.3. The lowest BCUT2D eigenvalue weighted by atomic mass is 10.1. The topological polar surface area (TPSA) is 146 Å². The number of hydrazone groups is 1. The molecule has 0 bridgehead atoms. The molecule has 0 spiro atoms. The number of nitro benzene ring substituents is 1. The third-order valence-electron chi connectivity index (χ3n) is 5.57. The van der Waals surface area contributed by atoms with Crippen LogP contribution in [0.1, 0.15) is 22.4 Å². The number of amides is 1. The highest BCUT2D eigenvalue weighted by molar-refractivity contribution is 9.10. The first-order valence-corrected chi connectivity index (χ1v) is 11.8. The van der Waals surface area contributed by atoms with Crippen LogP contribution in [0.25, 0.3) is 0 Å². The molecule has 1 amide bonds. The molecule has 1 aromatic carbocycles. The predicted octanol–water partition coefficient (Wildman–Crippen LogP) is 2.36. The van der Waals surface area contributed by atoms with Crippen molar-refractivity contribution in [3.63, 3.8) is 0 Å². The Morgan fingerprint density at radius 2 is 2.11 bits per heavy atom. The molecule has 0 aliphatic carbocycles. The van der Waals surface area contributed by atoms with Crippen molar-refractivity contribution in [3.8, 4) is 11.9 Å². The number of benzene rings is 1. The molecule has 1 aromatic heterocycles. The first-order chi connectivity index (χ1) is 17.2. The number of methoxy groups -OCH3 is 1. The molecule has 0 saturated carbocycles. The molecule has 36 heavy (non-hydrogen) atoms. The summed E-state index contributed by atoms with van der Waals surface area (Å²) in [5.74, 6) is -0.571. The largest absolute Gasteiger partial charge is 0.467 e. The number of nitrogens with zero attached hydrogens (tertiary/aromatic N) is 6. The Kier molecular flexibility index (Phi) is 9.29. The number of nitrogens with one attached hydrogen (secondary N) is 1. The molecule has 12 nitrogen and oxygen atoms in total. The number of anilines is 1. The number of nitriles is 1. The smallest absolute Gasteiger partial charge is 0.278 e. The van der Waals surface area contributed by atoms with Crippen molar-refractivity contribution < 1.29 is 19.2 Å². The van der Waals surface area contributed by atoms with Gasteiger partial charge in [-0.05, 0) is 36.0 Å². The van der Waals surface area contributed by atoms with E-state index in [0.29, 0.717) is 21.3 Å². The Balaban J connectivity index is 1.71. The van der Waals surface area contributed by atoms with E-state index in [1.165, 1.54) is 25.5 Å². The fourth-order valence-corrected chi connectivity index (χ4v) is 4.05. The van der Waals surface area contributed by atoms with E-state index >= 15 is 0 Å². The average molecular weight is 560 g/mol. The van der Waals surface area contributed by atoms with Crippen LogP contribution in [0.2, 0.25) is 0 Å². The molecule has 1 aliphatic heterocycles. The number of nitro groups is 1. The number of piperazine rings is 1. The maximum absolute atomic E-state index is 12.3. The summed E-state index contributed by atoms with van der Waals surface area (Å²) in [6.45, 7) is 4.72. The standard InChI is InChI=1S/C23H26BrN7O5/c1-15-22(24)19(13-35-3)18(11-25)23(27-15)36-14-21(32)28-26-12-16-10-17(31(33)34)4-5-20(16)30-8-6-29(2)7-9-30/h4-5,10,12H,6-9,13-14H2,1-3H3,(H,28,32)/b26-12-. The number of carbonyl (C=O) groups excluding carboxylic acids is 1. The summed E-state index contributed by atoms with van der Waals surface area (Å²) in [5, 5.41) is 24.8. The van der Waals surface area contributed by atoms with Gasteiger partial charge >= 0.3 is 0 Å². The molecule has 0 unspecified atom stereocenters. The highest BCUT2D eigenvalue weighted by atomic mass is 79.9. The van der Waals surface area contributed by atoms with Crippen molar-refractivity contribution in [2.24, 2.45) is 5.10 Å². The maximum Gasteiger partial charge on any atom is 0.278 e. The minimum absolute atomic E-state index is 0.0143. The van der Waals surface area contributed by atoms with E-state index in [2.05, 4.69) is 41.2 Å². The number of aryl methyl sites for hydroxylation is 1. The maximum atomic E-state index is 12.3. The lowest BCUT2D eigenvalue weighted by molar-refractivity contribution is -0.384. The SMILES string of the molecule is COCc1c(Br)c(C)nc(OCC(=O)N/N=C\c2cc([N+](=O)[O-])ccc2N2CCN(C)CC2)c1C#N. The molecule has 1 fully saturated rings. The van der Waals surface area contributed by atoms with Gasteiger partial charge in [0.1, 0.15) is 11.6 Å². The Morgan fingerprint density at radius 1 is 1.39 bits per heavy atom. The predicted molar refractivity (Wildman–Crippen MR) is 136 cm³/mol. The second-order valence-corrected chi connectivity index (χ2v) is 8.88. The van der Waals surface area contributed by atoms with Gasteiger partial charge < -0.3 is 19.3 Å². The van der Waals surface area contributed by atoms with E-state index in [9.17, 15) is 20.2 Å². The van der Waals surface area contributed by atoms with E-state index in [-0.39, 0.29) is 23.7 Å². The molecule has 1 N–H and O–H groups in total. The fraction of sp³-hybridized carbons (Fsp3) is 0.391. The monoisotopic (exact) mass is 559 g/mol. The van der Waals surface area contributed by atoms with Gasteiger partial charge in [0.05, 0.1) is 23.4 Å². The lowest BCUT2D eigenvalue weighted by Crippen LogP contribution is -2.44. The fourth-order valence-electron chi connectivity index (χ4n) is 3.65. The number of non-ortho nitro benzene ring substituents is 1. The summed E-state index contributed by atoms with van der Waals surface area (Å²) in [6, 6.07) is 6.61. The molecule has 3 rings (SSSR count). The van der Waals surface area contributed by atoms with Crippen molar-refractivity contribution in [1.82, 2.24) is 15.3 Å². The molecule has 0 atom stereocenters. The zero-order chi connectivity index (χ0) is 26.2. The van der Waals surface area contributed by atoms with Crippen molar-refractivity contribution in [3.05, 3.63) is 55.2 Å². The number of ether oxygens (including phenoxy) is 2. The Bertz CT molecular complexity index is 1210. The molecule has 13 heteroatoms. The molecule has 190 valence electrons. The summed E-state index contributed by atoms with van der Waals surface area (Å²) in [5.41, 5.74) is 4.90. The van der Waals surface area contributed by atoms with Crippen LogP contribution in [0.15, 0.2) is 27.8 Å². The van der Waals surface area contributed by atoms with Crippen molar-refractivity contribution in [1.29, 1.82) is 5.26 Å². The Labute approximate surface area is 216 Å². The molecule has 2 aromatic rings. The number of pyridine rings is 1. The van der Waals surface area contributed by atoms with Gasteiger partial charge in [0.15, 0.2) is 6.61 Å². The Hall–Kier alpha value is -3.60. The zero-order valence-electron chi connectivity index (χ0n) is 20.2. The van der Waals surface area contributed by atoms with Gasteiger partial charge in [0.2, 0.25) is 5.88 Å². The van der Waals surface area contributed by atoms with Crippen LogP contribution in [-0.2, 0) is 16.1 Å². The second-order valence-electron chi connectivity index (χ2n) is 8.09. The summed E-state index contributed by atoms with van der Waals surface area (Å²) >= 11 is 3.40. The van der Waals surface area contributed by atoms with Crippen LogP contribution < -0.4 is 15.1 Å². The van der Waals surface area contributed by atoms with Crippen LogP contribution in [0.3, 0.4) is 0 Å². The summed E-state index contributed by atoms with van der Waals surface area (Å²) in [4.78, 5) is 31.7. The summed E-state index contributed by atoms with van der Waals surface area (Å²) in [6.07, 6.45) is 1.37. The molecule has 1 aliphatic rings.